The van der Waals surface area contributed by atoms with E-state index in [0.29, 0.717) is 18.2 Å². The van der Waals surface area contributed by atoms with Crippen LogP contribution in [0.1, 0.15) is 42.7 Å². The van der Waals surface area contributed by atoms with E-state index in [1.54, 1.807) is 0 Å². The van der Waals surface area contributed by atoms with Crippen LogP contribution in [0.4, 0.5) is 5.13 Å². The second-order valence-electron chi connectivity index (χ2n) is 5.70. The van der Waals surface area contributed by atoms with Gasteiger partial charge in [-0.05, 0) is 38.5 Å². The minimum atomic E-state index is -3.55. The highest BCUT2D eigenvalue weighted by Gasteiger charge is 2.32. The molecule has 118 valence electrons. The molecule has 1 aromatic heterocycles. The van der Waals surface area contributed by atoms with Gasteiger partial charge in [0.05, 0.1) is 5.69 Å². The van der Waals surface area contributed by atoms with Crippen LogP contribution < -0.4 is 10.5 Å². The Hall–Kier alpha value is -0.700. The molecule has 21 heavy (non-hydrogen) atoms. The smallest absolute Gasteiger partial charge is 0.303 e. The van der Waals surface area contributed by atoms with Crippen molar-refractivity contribution in [1.29, 1.82) is 0 Å². The van der Waals surface area contributed by atoms with Gasteiger partial charge in [-0.1, -0.05) is 6.42 Å². The molecule has 1 aromatic rings. The SMILES string of the molecule is NCC1CCCCN1S(=O)(=O)Nc1nc2c(s1)CCCC2. The average molecular weight is 330 g/mol. The number of hydrogen-bond acceptors (Lipinski definition) is 5. The number of thiazole rings is 1. The lowest BCUT2D eigenvalue weighted by Gasteiger charge is -2.33. The molecule has 0 amide bonds. The number of fused-ring (bicyclic) bond motifs is 1. The maximum atomic E-state index is 12.6. The zero-order valence-electron chi connectivity index (χ0n) is 12.0. The third-order valence-corrected chi connectivity index (χ3v) is 6.97. The van der Waals surface area contributed by atoms with Crippen molar-refractivity contribution < 1.29 is 8.42 Å². The van der Waals surface area contributed by atoms with Crippen LogP contribution in [-0.2, 0) is 23.1 Å². The number of anilines is 1. The highest BCUT2D eigenvalue weighted by molar-refractivity contribution is 7.90. The van der Waals surface area contributed by atoms with E-state index in [-0.39, 0.29) is 6.04 Å². The summed E-state index contributed by atoms with van der Waals surface area (Å²) in [5.74, 6) is 0. The molecular formula is C13H22N4O2S2. The molecule has 1 fully saturated rings. The van der Waals surface area contributed by atoms with Gasteiger partial charge in [0.1, 0.15) is 0 Å². The number of hydrogen-bond donors (Lipinski definition) is 2. The number of nitrogens with two attached hydrogens (primary N) is 1. The van der Waals surface area contributed by atoms with Gasteiger partial charge in [-0.15, -0.1) is 11.3 Å². The minimum Gasteiger partial charge on any atom is -0.329 e. The lowest BCUT2D eigenvalue weighted by molar-refractivity contribution is 0.259. The first-order chi connectivity index (χ1) is 10.1. The Balaban J connectivity index is 1.77. The number of rotatable bonds is 4. The van der Waals surface area contributed by atoms with Crippen LogP contribution in [0.3, 0.4) is 0 Å². The van der Waals surface area contributed by atoms with Crippen molar-refractivity contribution >= 4 is 26.7 Å². The molecule has 6 nitrogen and oxygen atoms in total. The molecule has 2 aliphatic rings. The van der Waals surface area contributed by atoms with E-state index in [0.717, 1.165) is 44.2 Å². The van der Waals surface area contributed by atoms with E-state index < -0.39 is 10.2 Å². The topological polar surface area (TPSA) is 88.3 Å². The fourth-order valence-electron chi connectivity index (χ4n) is 3.09. The molecule has 3 N–H and O–H groups in total. The fourth-order valence-corrected chi connectivity index (χ4v) is 5.81. The van der Waals surface area contributed by atoms with Gasteiger partial charge in [0.15, 0.2) is 5.13 Å². The number of aromatic nitrogens is 1. The summed E-state index contributed by atoms with van der Waals surface area (Å²) in [6, 6.07) is -0.0918. The standard InChI is InChI=1S/C13H22N4O2S2/c14-9-10-5-3-4-8-17(10)21(18,19)16-13-15-11-6-1-2-7-12(11)20-13/h10H,1-9,14H2,(H,15,16). The van der Waals surface area contributed by atoms with Crippen LogP contribution in [0, 0.1) is 0 Å². The molecule has 1 aliphatic carbocycles. The molecule has 0 radical (unpaired) electrons. The molecule has 0 spiro atoms. The Bertz CT molecular complexity index is 576. The monoisotopic (exact) mass is 330 g/mol. The second-order valence-corrected chi connectivity index (χ2v) is 8.41. The van der Waals surface area contributed by atoms with Gasteiger partial charge >= 0.3 is 10.2 Å². The molecule has 2 heterocycles. The Labute approximate surface area is 129 Å². The number of aryl methyl sites for hydroxylation is 2. The van der Waals surface area contributed by atoms with Crippen molar-refractivity contribution in [2.45, 2.75) is 51.0 Å². The Morgan fingerprint density at radius 2 is 2.10 bits per heavy atom. The van der Waals surface area contributed by atoms with Gasteiger partial charge in [0.2, 0.25) is 0 Å². The second kappa shape index (κ2) is 6.20. The molecule has 1 unspecified atom stereocenters. The maximum Gasteiger partial charge on any atom is 0.303 e. The zero-order chi connectivity index (χ0) is 14.9. The molecule has 0 aromatic carbocycles. The van der Waals surface area contributed by atoms with Crippen molar-refractivity contribution in [2.75, 3.05) is 17.8 Å². The van der Waals surface area contributed by atoms with Crippen LogP contribution in [0.5, 0.6) is 0 Å². The van der Waals surface area contributed by atoms with Crippen LogP contribution in [0.15, 0.2) is 0 Å². The zero-order valence-corrected chi connectivity index (χ0v) is 13.7. The quantitative estimate of drug-likeness (QED) is 0.875. The Kier molecular flexibility index (Phi) is 4.49. The van der Waals surface area contributed by atoms with Gasteiger partial charge in [-0.3, -0.25) is 0 Å². The molecule has 1 aliphatic heterocycles. The summed E-state index contributed by atoms with van der Waals surface area (Å²) in [4.78, 5) is 5.68. The summed E-state index contributed by atoms with van der Waals surface area (Å²) < 4.78 is 29.3. The lowest BCUT2D eigenvalue weighted by Crippen LogP contribution is -2.49. The maximum absolute atomic E-state index is 12.6. The largest absolute Gasteiger partial charge is 0.329 e. The summed E-state index contributed by atoms with van der Waals surface area (Å²) in [5.41, 5.74) is 6.78. The van der Waals surface area contributed by atoms with E-state index >= 15 is 0 Å². The first kappa shape index (κ1) is 15.2. The summed E-state index contributed by atoms with van der Waals surface area (Å²) >= 11 is 1.48. The molecule has 0 saturated carbocycles. The summed E-state index contributed by atoms with van der Waals surface area (Å²) in [6.45, 7) is 0.914. The van der Waals surface area contributed by atoms with Crippen LogP contribution in [0.2, 0.25) is 0 Å². The van der Waals surface area contributed by atoms with Crippen molar-refractivity contribution in [3.63, 3.8) is 0 Å². The molecule has 1 atom stereocenters. The summed E-state index contributed by atoms with van der Waals surface area (Å²) in [7, 11) is -3.55. The van der Waals surface area contributed by atoms with E-state index in [9.17, 15) is 8.42 Å². The van der Waals surface area contributed by atoms with Crippen molar-refractivity contribution in [3.8, 4) is 0 Å². The van der Waals surface area contributed by atoms with Gasteiger partial charge in [0, 0.05) is 24.0 Å². The van der Waals surface area contributed by atoms with Crippen LogP contribution in [-0.4, -0.2) is 36.8 Å². The lowest BCUT2D eigenvalue weighted by atomic mass is 10.0. The predicted octanol–water partition coefficient (Wildman–Crippen LogP) is 1.49. The summed E-state index contributed by atoms with van der Waals surface area (Å²) in [5, 5.41) is 0.503. The normalized spacial score (nSPS) is 23.8. The summed E-state index contributed by atoms with van der Waals surface area (Å²) in [6.07, 6.45) is 7.07. The number of nitrogens with zero attached hydrogens (tertiary/aromatic N) is 2. The molecular weight excluding hydrogens is 308 g/mol. The first-order valence-electron chi connectivity index (χ1n) is 7.58. The van der Waals surface area contributed by atoms with Crippen LogP contribution in [0.25, 0.3) is 0 Å². The number of nitrogens with one attached hydrogen (secondary N) is 1. The Morgan fingerprint density at radius 3 is 2.86 bits per heavy atom. The molecule has 1 saturated heterocycles. The number of piperidine rings is 1. The van der Waals surface area contributed by atoms with E-state index in [4.69, 9.17) is 5.73 Å². The van der Waals surface area contributed by atoms with Gasteiger partial charge in [0.25, 0.3) is 0 Å². The first-order valence-corrected chi connectivity index (χ1v) is 9.84. The highest BCUT2D eigenvalue weighted by Crippen LogP contribution is 2.31. The predicted molar refractivity (Wildman–Crippen MR) is 84.7 cm³/mol. The van der Waals surface area contributed by atoms with Gasteiger partial charge in [-0.25, -0.2) is 9.71 Å². The van der Waals surface area contributed by atoms with E-state index in [1.165, 1.54) is 26.9 Å². The van der Waals surface area contributed by atoms with Gasteiger partial charge in [-0.2, -0.15) is 12.7 Å². The molecule has 3 rings (SSSR count). The van der Waals surface area contributed by atoms with E-state index in [1.807, 2.05) is 0 Å². The molecule has 0 bridgehead atoms. The van der Waals surface area contributed by atoms with Crippen molar-refractivity contribution in [1.82, 2.24) is 9.29 Å². The van der Waals surface area contributed by atoms with Crippen molar-refractivity contribution in [3.05, 3.63) is 10.6 Å². The average Bonchev–Trinajstić information content (AvgIpc) is 2.88. The fraction of sp³-hybridized carbons (Fsp3) is 0.769. The van der Waals surface area contributed by atoms with Crippen LogP contribution >= 0.6 is 11.3 Å². The van der Waals surface area contributed by atoms with Gasteiger partial charge < -0.3 is 5.73 Å². The minimum absolute atomic E-state index is 0.0918. The van der Waals surface area contributed by atoms with Crippen molar-refractivity contribution in [2.24, 2.45) is 5.73 Å². The Morgan fingerprint density at radius 1 is 1.29 bits per heavy atom. The highest BCUT2D eigenvalue weighted by atomic mass is 32.2. The molecule has 8 heteroatoms. The third-order valence-electron chi connectivity index (χ3n) is 4.22. The van der Waals surface area contributed by atoms with E-state index in [2.05, 4.69) is 9.71 Å². The third kappa shape index (κ3) is 3.23.